The van der Waals surface area contributed by atoms with Crippen LogP contribution in [0, 0.1) is 0 Å². The number of azo groups is 1. The number of rotatable bonds is 1. The summed E-state index contributed by atoms with van der Waals surface area (Å²) in [4.78, 5) is 13.7. The molecule has 0 aliphatic carbocycles. The number of urea groups is 1. The summed E-state index contributed by atoms with van der Waals surface area (Å²) in [5.41, 5.74) is 3.36. The van der Waals surface area contributed by atoms with Crippen LogP contribution < -0.4 is 10.4 Å². The molecule has 96 valence electrons. The molecule has 1 aliphatic heterocycles. The summed E-state index contributed by atoms with van der Waals surface area (Å²) in [6.07, 6.45) is 0.860. The van der Waals surface area contributed by atoms with Gasteiger partial charge in [0.25, 0.3) is 0 Å². The van der Waals surface area contributed by atoms with Crippen LogP contribution in [0.3, 0.4) is 0 Å². The number of carbonyl (C=O) groups excluding carboxylic acids is 1. The molecule has 0 saturated heterocycles. The molecule has 2 aromatic carbocycles. The van der Waals surface area contributed by atoms with Gasteiger partial charge in [-0.2, -0.15) is 0 Å². The zero-order chi connectivity index (χ0) is 13.9. The first kappa shape index (κ1) is 12.6. The summed E-state index contributed by atoms with van der Waals surface area (Å²) in [6, 6.07) is 14.4. The van der Waals surface area contributed by atoms with Gasteiger partial charge < -0.3 is 0 Å². The summed E-state index contributed by atoms with van der Waals surface area (Å²) in [5, 5.41) is 7.72. The summed E-state index contributed by atoms with van der Waals surface area (Å²) in [5.74, 6) is 0. The highest BCUT2D eigenvalue weighted by atomic mass is 16.2. The van der Waals surface area contributed by atoms with Crippen LogP contribution in [0.1, 0.15) is 5.56 Å². The zero-order valence-electron chi connectivity index (χ0n) is 10.9. The minimum atomic E-state index is -0.341. The lowest BCUT2D eigenvalue weighted by Gasteiger charge is -2.12. The highest BCUT2D eigenvalue weighted by Gasteiger charge is 2.23. The van der Waals surface area contributed by atoms with Gasteiger partial charge in [0.2, 0.25) is 0 Å². The Bertz CT molecular complexity index is 667. The Kier molecular flexibility index (Phi) is 3.33. The monoisotopic (exact) mass is 261 g/mol. The summed E-state index contributed by atoms with van der Waals surface area (Å²) in [7, 11) is 5.59. The molecule has 2 radical (unpaired) electrons. The Labute approximate surface area is 118 Å². The van der Waals surface area contributed by atoms with Crippen LogP contribution >= 0.6 is 0 Å². The van der Waals surface area contributed by atoms with Gasteiger partial charge in [-0.25, -0.2) is 4.79 Å². The Morgan fingerprint density at radius 3 is 2.65 bits per heavy atom. The van der Waals surface area contributed by atoms with E-state index in [1.807, 2.05) is 24.3 Å². The maximum atomic E-state index is 12.1. The smallest absolute Gasteiger partial charge is 0.291 e. The van der Waals surface area contributed by atoms with Gasteiger partial charge in [-0.3, -0.25) is 4.90 Å². The molecule has 0 aromatic heterocycles. The average Bonchev–Trinajstić information content (AvgIpc) is 2.90. The van der Waals surface area contributed by atoms with Gasteiger partial charge in [-0.05, 0) is 30.2 Å². The van der Waals surface area contributed by atoms with Gasteiger partial charge in [0.1, 0.15) is 7.85 Å². The number of anilines is 1. The van der Waals surface area contributed by atoms with Gasteiger partial charge in [-0.1, -0.05) is 40.9 Å². The van der Waals surface area contributed by atoms with Crippen molar-refractivity contribution in [1.29, 1.82) is 0 Å². The van der Waals surface area contributed by atoms with Crippen molar-refractivity contribution in [2.24, 2.45) is 10.2 Å². The van der Waals surface area contributed by atoms with Crippen molar-refractivity contribution < 1.29 is 4.79 Å². The van der Waals surface area contributed by atoms with Gasteiger partial charge in [0, 0.05) is 12.2 Å². The maximum Gasteiger partial charge on any atom is 0.366 e. The molecule has 0 bridgehead atoms. The van der Waals surface area contributed by atoms with Gasteiger partial charge in [-0.15, -0.1) is 5.11 Å². The predicted octanol–water partition coefficient (Wildman–Crippen LogP) is 2.75. The summed E-state index contributed by atoms with van der Waals surface area (Å²) >= 11 is 0. The number of nitrogens with zero attached hydrogens (tertiary/aromatic N) is 3. The van der Waals surface area contributed by atoms with E-state index in [1.54, 1.807) is 29.2 Å². The lowest BCUT2D eigenvalue weighted by Crippen LogP contribution is -2.25. The lowest BCUT2D eigenvalue weighted by atomic mass is 9.96. The second kappa shape index (κ2) is 5.29. The van der Waals surface area contributed by atoms with E-state index in [9.17, 15) is 4.79 Å². The topological polar surface area (TPSA) is 45.0 Å². The fraction of sp³-hybridized carbons (Fsp3) is 0.133. The van der Waals surface area contributed by atoms with Crippen LogP contribution in [0.5, 0.6) is 0 Å². The second-order valence-corrected chi connectivity index (χ2v) is 4.60. The molecule has 2 aromatic rings. The Morgan fingerprint density at radius 1 is 1.10 bits per heavy atom. The largest absolute Gasteiger partial charge is 0.366 e. The number of hydrogen-bond acceptors (Lipinski definition) is 2. The molecule has 0 saturated carbocycles. The van der Waals surface area contributed by atoms with E-state index < -0.39 is 0 Å². The third-order valence-corrected chi connectivity index (χ3v) is 3.26. The first-order valence-electron chi connectivity index (χ1n) is 6.41. The van der Waals surface area contributed by atoms with Crippen molar-refractivity contribution in [3.8, 4) is 0 Å². The lowest BCUT2D eigenvalue weighted by molar-refractivity contribution is 0.253. The number of amides is 2. The van der Waals surface area contributed by atoms with E-state index in [4.69, 9.17) is 7.85 Å². The van der Waals surface area contributed by atoms with Crippen molar-refractivity contribution in [3.05, 3.63) is 54.1 Å². The first-order valence-corrected chi connectivity index (χ1v) is 6.41. The standard InChI is InChI=1S/C15H12BN3O/c16-12-5-7-13(8-6-12)17-18-15(20)19-10-9-11-3-1-2-4-14(11)19/h1-8H,9-10H2. The third kappa shape index (κ3) is 2.47. The van der Waals surface area contributed by atoms with E-state index >= 15 is 0 Å². The van der Waals surface area contributed by atoms with Crippen molar-refractivity contribution >= 4 is 30.7 Å². The molecule has 1 heterocycles. The van der Waals surface area contributed by atoms with Crippen LogP contribution in [0.4, 0.5) is 16.2 Å². The first-order chi connectivity index (χ1) is 9.74. The van der Waals surface area contributed by atoms with Crippen LogP contribution in [0.25, 0.3) is 0 Å². The van der Waals surface area contributed by atoms with Gasteiger partial charge in [0.05, 0.1) is 5.69 Å². The van der Waals surface area contributed by atoms with Crippen LogP contribution in [0.2, 0.25) is 0 Å². The molecule has 0 spiro atoms. The Hall–Kier alpha value is -2.43. The van der Waals surface area contributed by atoms with Crippen molar-refractivity contribution in [2.45, 2.75) is 6.42 Å². The SMILES string of the molecule is [B]c1ccc(N=NC(=O)N2CCc3ccccc32)cc1. The maximum absolute atomic E-state index is 12.1. The second-order valence-electron chi connectivity index (χ2n) is 4.60. The molecule has 20 heavy (non-hydrogen) atoms. The highest BCUT2D eigenvalue weighted by Crippen LogP contribution is 2.28. The minimum absolute atomic E-state index is 0.341. The van der Waals surface area contributed by atoms with Gasteiger partial charge in [0.15, 0.2) is 0 Å². The fourth-order valence-corrected chi connectivity index (χ4v) is 2.23. The quantitative estimate of drug-likeness (QED) is 0.575. The number of benzene rings is 2. The van der Waals surface area contributed by atoms with Crippen LogP contribution in [0.15, 0.2) is 58.8 Å². The van der Waals surface area contributed by atoms with E-state index in [-0.39, 0.29) is 6.03 Å². The molecule has 1 aliphatic rings. The molecule has 0 atom stereocenters. The molecular weight excluding hydrogens is 249 g/mol. The number of fused-ring (bicyclic) bond motifs is 1. The molecule has 0 N–H and O–H groups in total. The number of para-hydroxylation sites is 1. The minimum Gasteiger partial charge on any atom is -0.291 e. The Morgan fingerprint density at radius 2 is 1.85 bits per heavy atom. The van der Waals surface area contributed by atoms with Crippen molar-refractivity contribution in [2.75, 3.05) is 11.4 Å². The fourth-order valence-electron chi connectivity index (χ4n) is 2.23. The predicted molar refractivity (Wildman–Crippen MR) is 79.2 cm³/mol. The molecule has 5 heteroatoms. The zero-order valence-corrected chi connectivity index (χ0v) is 10.9. The summed E-state index contributed by atoms with van der Waals surface area (Å²) in [6.45, 7) is 0.652. The number of carbonyl (C=O) groups is 1. The molecule has 0 fully saturated rings. The van der Waals surface area contributed by atoms with E-state index in [1.165, 1.54) is 5.56 Å². The van der Waals surface area contributed by atoms with Crippen LogP contribution in [-0.4, -0.2) is 20.4 Å². The molecule has 3 rings (SSSR count). The summed E-state index contributed by atoms with van der Waals surface area (Å²) < 4.78 is 0. The normalized spacial score (nSPS) is 13.7. The van der Waals surface area contributed by atoms with E-state index in [2.05, 4.69) is 10.2 Å². The van der Waals surface area contributed by atoms with E-state index in [0.717, 1.165) is 12.1 Å². The highest BCUT2D eigenvalue weighted by molar-refractivity contribution is 6.32. The molecule has 4 nitrogen and oxygen atoms in total. The Balaban J connectivity index is 1.76. The molecular formula is C15H12BN3O. The molecule has 2 amide bonds. The average molecular weight is 261 g/mol. The van der Waals surface area contributed by atoms with Gasteiger partial charge >= 0.3 is 6.03 Å². The van der Waals surface area contributed by atoms with Crippen molar-refractivity contribution in [3.63, 3.8) is 0 Å². The van der Waals surface area contributed by atoms with Crippen molar-refractivity contribution in [1.82, 2.24) is 0 Å². The molecule has 0 unspecified atom stereocenters. The van der Waals surface area contributed by atoms with E-state index in [0.29, 0.717) is 17.7 Å². The van der Waals surface area contributed by atoms with Crippen LogP contribution in [-0.2, 0) is 6.42 Å². The third-order valence-electron chi connectivity index (χ3n) is 3.26. The number of hydrogen-bond donors (Lipinski definition) is 0.